The molecule has 0 fully saturated rings. The second-order valence-electron chi connectivity index (χ2n) is 5.67. The largest absolute Gasteiger partial charge is 0.457 e. The number of hydrogen-bond acceptors (Lipinski definition) is 4. The van der Waals surface area contributed by atoms with E-state index in [9.17, 15) is 4.79 Å². The van der Waals surface area contributed by atoms with Gasteiger partial charge in [-0.3, -0.25) is 4.79 Å². The predicted octanol–water partition coefficient (Wildman–Crippen LogP) is 4.54. The van der Waals surface area contributed by atoms with Crippen LogP contribution in [0.1, 0.15) is 5.76 Å². The second-order valence-corrected chi connectivity index (χ2v) is 5.67. The molecular formula is C21H15N3O2. The molecule has 1 N–H and O–H groups in total. The van der Waals surface area contributed by atoms with E-state index in [4.69, 9.17) is 4.42 Å². The van der Waals surface area contributed by atoms with Crippen LogP contribution in [-0.2, 0) is 4.79 Å². The molecule has 0 atom stereocenters. The number of para-hydroxylation sites is 1. The van der Waals surface area contributed by atoms with Crippen molar-refractivity contribution in [3.8, 4) is 11.4 Å². The molecule has 2 aromatic heterocycles. The number of benzene rings is 2. The fourth-order valence-electron chi connectivity index (χ4n) is 2.56. The highest BCUT2D eigenvalue weighted by Gasteiger charge is 2.04. The van der Waals surface area contributed by atoms with Crippen LogP contribution in [0, 0.1) is 0 Å². The number of carbonyl (C=O) groups is 1. The monoisotopic (exact) mass is 341 g/mol. The summed E-state index contributed by atoms with van der Waals surface area (Å²) in [6.45, 7) is 0. The molecule has 5 heteroatoms. The van der Waals surface area contributed by atoms with Gasteiger partial charge in [0.25, 0.3) is 0 Å². The first-order valence-electron chi connectivity index (χ1n) is 8.13. The highest BCUT2D eigenvalue weighted by molar-refractivity contribution is 6.01. The zero-order valence-electron chi connectivity index (χ0n) is 13.8. The van der Waals surface area contributed by atoms with Crippen LogP contribution in [0.5, 0.6) is 0 Å². The van der Waals surface area contributed by atoms with E-state index in [1.54, 1.807) is 18.5 Å². The van der Waals surface area contributed by atoms with Crippen LogP contribution in [0.25, 0.3) is 28.4 Å². The summed E-state index contributed by atoms with van der Waals surface area (Å²) in [5, 5.41) is 3.73. The number of furan rings is 1. The smallest absolute Gasteiger partial charge is 0.248 e. The molecule has 0 saturated carbocycles. The van der Waals surface area contributed by atoms with Crippen molar-refractivity contribution >= 4 is 28.6 Å². The predicted molar refractivity (Wildman–Crippen MR) is 101 cm³/mol. The molecule has 0 aliphatic rings. The van der Waals surface area contributed by atoms with Crippen molar-refractivity contribution in [2.45, 2.75) is 0 Å². The van der Waals surface area contributed by atoms with E-state index in [-0.39, 0.29) is 5.91 Å². The molecule has 0 aliphatic carbocycles. The van der Waals surface area contributed by atoms with Crippen LogP contribution in [0.15, 0.2) is 83.6 Å². The molecule has 0 unspecified atom stereocenters. The number of hydrogen-bond donors (Lipinski definition) is 1. The molecule has 0 radical (unpaired) electrons. The summed E-state index contributed by atoms with van der Waals surface area (Å²) in [6.07, 6.45) is 6.22. The fourth-order valence-corrected chi connectivity index (χ4v) is 2.56. The maximum Gasteiger partial charge on any atom is 0.248 e. The van der Waals surface area contributed by atoms with E-state index in [0.29, 0.717) is 17.3 Å². The van der Waals surface area contributed by atoms with Crippen LogP contribution in [-0.4, -0.2) is 15.9 Å². The van der Waals surface area contributed by atoms with Gasteiger partial charge in [-0.15, -0.1) is 0 Å². The Morgan fingerprint density at radius 3 is 2.46 bits per heavy atom. The molecule has 2 heterocycles. The summed E-state index contributed by atoms with van der Waals surface area (Å²) in [6, 6.07) is 19.2. The van der Waals surface area contributed by atoms with E-state index in [0.717, 1.165) is 16.5 Å². The molecule has 26 heavy (non-hydrogen) atoms. The van der Waals surface area contributed by atoms with Crippen molar-refractivity contribution < 1.29 is 9.21 Å². The summed E-state index contributed by atoms with van der Waals surface area (Å²) < 4.78 is 5.64. The number of carbonyl (C=O) groups excluding carboxylic acids is 1. The third-order valence-electron chi connectivity index (χ3n) is 3.79. The lowest BCUT2D eigenvalue weighted by molar-refractivity contribution is -0.111. The van der Waals surface area contributed by atoms with Gasteiger partial charge < -0.3 is 9.73 Å². The van der Waals surface area contributed by atoms with Crippen molar-refractivity contribution in [2.24, 2.45) is 0 Å². The van der Waals surface area contributed by atoms with Gasteiger partial charge in [0.1, 0.15) is 11.3 Å². The molecular weight excluding hydrogens is 326 g/mol. The summed E-state index contributed by atoms with van der Waals surface area (Å²) >= 11 is 0. The minimum absolute atomic E-state index is 0.276. The Kier molecular flexibility index (Phi) is 4.26. The normalized spacial score (nSPS) is 11.1. The van der Waals surface area contributed by atoms with Crippen molar-refractivity contribution in [1.82, 2.24) is 9.97 Å². The molecule has 5 nitrogen and oxygen atoms in total. The van der Waals surface area contributed by atoms with Crippen molar-refractivity contribution in [3.05, 3.63) is 84.9 Å². The molecule has 4 rings (SSSR count). The van der Waals surface area contributed by atoms with Gasteiger partial charge in [0.05, 0.1) is 18.1 Å². The highest BCUT2D eigenvalue weighted by Crippen LogP contribution is 2.20. The lowest BCUT2D eigenvalue weighted by Crippen LogP contribution is -2.08. The molecule has 4 aromatic rings. The van der Waals surface area contributed by atoms with E-state index >= 15 is 0 Å². The number of fused-ring (bicyclic) bond motifs is 1. The first-order chi connectivity index (χ1) is 12.8. The molecule has 2 aromatic carbocycles. The second kappa shape index (κ2) is 7.03. The van der Waals surface area contributed by atoms with Crippen molar-refractivity contribution in [1.29, 1.82) is 0 Å². The van der Waals surface area contributed by atoms with E-state index in [1.165, 1.54) is 6.08 Å². The van der Waals surface area contributed by atoms with E-state index in [2.05, 4.69) is 15.3 Å². The van der Waals surface area contributed by atoms with Gasteiger partial charge in [-0.2, -0.15) is 0 Å². The zero-order valence-corrected chi connectivity index (χ0v) is 13.8. The Balaban J connectivity index is 1.43. The van der Waals surface area contributed by atoms with Crippen LogP contribution < -0.4 is 5.32 Å². The van der Waals surface area contributed by atoms with Crippen LogP contribution in [0.2, 0.25) is 0 Å². The van der Waals surface area contributed by atoms with Crippen LogP contribution in [0.4, 0.5) is 5.69 Å². The molecule has 0 spiro atoms. The summed E-state index contributed by atoms with van der Waals surface area (Å²) in [4.78, 5) is 20.6. The molecule has 1 amide bonds. The average molecular weight is 341 g/mol. The van der Waals surface area contributed by atoms with Crippen molar-refractivity contribution in [2.75, 3.05) is 5.32 Å². The third kappa shape index (κ3) is 3.52. The number of anilines is 1. The Hall–Kier alpha value is -3.73. The standard InChI is InChI=1S/C21H15N3O2/c25-20(11-10-18-12-16-8-4-5-9-19(16)26-18)24-17-13-22-21(23-14-17)15-6-2-1-3-7-15/h1-14H,(H,24,25)/b11-10+. The van der Waals surface area contributed by atoms with Gasteiger partial charge >= 0.3 is 0 Å². The Bertz CT molecular complexity index is 1030. The molecule has 126 valence electrons. The Morgan fingerprint density at radius 2 is 1.69 bits per heavy atom. The number of aromatic nitrogens is 2. The van der Waals surface area contributed by atoms with Gasteiger partial charge in [-0.1, -0.05) is 48.5 Å². The number of nitrogens with one attached hydrogen (secondary N) is 1. The quantitative estimate of drug-likeness (QED) is 0.553. The number of rotatable bonds is 4. The lowest BCUT2D eigenvalue weighted by Gasteiger charge is -2.03. The summed E-state index contributed by atoms with van der Waals surface area (Å²) in [5.74, 6) is 0.958. The Morgan fingerprint density at radius 1 is 0.962 bits per heavy atom. The Labute approximate surface area is 150 Å². The minimum Gasteiger partial charge on any atom is -0.457 e. The van der Waals surface area contributed by atoms with E-state index in [1.807, 2.05) is 60.7 Å². The lowest BCUT2D eigenvalue weighted by atomic mass is 10.2. The molecule has 0 saturated heterocycles. The first-order valence-corrected chi connectivity index (χ1v) is 8.13. The van der Waals surface area contributed by atoms with Gasteiger partial charge in [-0.05, 0) is 18.2 Å². The van der Waals surface area contributed by atoms with Gasteiger partial charge in [0.2, 0.25) is 5.91 Å². The van der Waals surface area contributed by atoms with Gasteiger partial charge in [0, 0.05) is 17.0 Å². The molecule has 0 bridgehead atoms. The topological polar surface area (TPSA) is 68.0 Å². The summed E-state index contributed by atoms with van der Waals surface area (Å²) in [5.41, 5.74) is 2.25. The zero-order chi connectivity index (χ0) is 17.8. The van der Waals surface area contributed by atoms with Crippen LogP contribution >= 0.6 is 0 Å². The fraction of sp³-hybridized carbons (Fsp3) is 0. The van der Waals surface area contributed by atoms with Gasteiger partial charge in [0.15, 0.2) is 5.82 Å². The number of amides is 1. The summed E-state index contributed by atoms with van der Waals surface area (Å²) in [7, 11) is 0. The average Bonchev–Trinajstić information content (AvgIpc) is 3.11. The highest BCUT2D eigenvalue weighted by atomic mass is 16.3. The van der Waals surface area contributed by atoms with Crippen LogP contribution in [0.3, 0.4) is 0 Å². The minimum atomic E-state index is -0.276. The van der Waals surface area contributed by atoms with Crippen molar-refractivity contribution in [3.63, 3.8) is 0 Å². The SMILES string of the molecule is O=C(/C=C/c1cc2ccccc2o1)Nc1cnc(-c2ccccc2)nc1. The number of nitrogens with zero attached hydrogens (tertiary/aromatic N) is 2. The molecule has 0 aliphatic heterocycles. The maximum atomic E-state index is 12.1. The maximum absolute atomic E-state index is 12.1. The van der Waals surface area contributed by atoms with E-state index < -0.39 is 0 Å². The third-order valence-corrected chi connectivity index (χ3v) is 3.79. The first kappa shape index (κ1) is 15.8. The van der Waals surface area contributed by atoms with Gasteiger partial charge in [-0.25, -0.2) is 9.97 Å².